The SMILES string of the molecule is CCNCC1(OC)CCCC(C)C1. The van der Waals surface area contributed by atoms with Crippen LogP contribution >= 0.6 is 0 Å². The van der Waals surface area contributed by atoms with E-state index in [1.165, 1.54) is 25.7 Å². The van der Waals surface area contributed by atoms with E-state index in [1.807, 2.05) is 7.11 Å². The third kappa shape index (κ3) is 2.96. The van der Waals surface area contributed by atoms with Crippen LogP contribution in [-0.2, 0) is 4.74 Å². The molecule has 0 bridgehead atoms. The maximum Gasteiger partial charge on any atom is 0.0805 e. The molecule has 2 nitrogen and oxygen atoms in total. The largest absolute Gasteiger partial charge is 0.377 e. The molecule has 1 fully saturated rings. The van der Waals surface area contributed by atoms with Crippen molar-refractivity contribution in [1.82, 2.24) is 5.32 Å². The molecule has 1 N–H and O–H groups in total. The summed E-state index contributed by atoms with van der Waals surface area (Å²) < 4.78 is 5.69. The number of likely N-dealkylation sites (N-methyl/N-ethyl adjacent to an activating group) is 1. The number of hydrogen-bond donors (Lipinski definition) is 1. The van der Waals surface area contributed by atoms with Gasteiger partial charge in [0.25, 0.3) is 0 Å². The van der Waals surface area contributed by atoms with Gasteiger partial charge in [0.05, 0.1) is 5.60 Å². The topological polar surface area (TPSA) is 21.3 Å². The predicted octanol–water partition coefficient (Wildman–Crippen LogP) is 2.19. The van der Waals surface area contributed by atoms with Gasteiger partial charge < -0.3 is 10.1 Å². The van der Waals surface area contributed by atoms with Crippen LogP contribution in [0.3, 0.4) is 0 Å². The summed E-state index contributed by atoms with van der Waals surface area (Å²) in [5.74, 6) is 0.826. The Kier molecular flexibility index (Phi) is 4.20. The normalized spacial score (nSPS) is 34.8. The van der Waals surface area contributed by atoms with Crippen molar-refractivity contribution in [1.29, 1.82) is 0 Å². The molecule has 0 heterocycles. The van der Waals surface area contributed by atoms with Crippen molar-refractivity contribution in [2.45, 2.75) is 45.1 Å². The van der Waals surface area contributed by atoms with Gasteiger partial charge in [-0.2, -0.15) is 0 Å². The molecular formula is C11H23NO. The summed E-state index contributed by atoms with van der Waals surface area (Å²) in [7, 11) is 1.86. The van der Waals surface area contributed by atoms with Gasteiger partial charge in [-0.25, -0.2) is 0 Å². The van der Waals surface area contributed by atoms with E-state index < -0.39 is 0 Å². The molecule has 0 amide bonds. The lowest BCUT2D eigenvalue weighted by Crippen LogP contribution is -2.45. The Morgan fingerprint density at radius 3 is 2.85 bits per heavy atom. The Labute approximate surface area is 82.0 Å². The van der Waals surface area contributed by atoms with Crippen LogP contribution in [0.5, 0.6) is 0 Å². The van der Waals surface area contributed by atoms with Gasteiger partial charge in [0.2, 0.25) is 0 Å². The van der Waals surface area contributed by atoms with Crippen LogP contribution in [-0.4, -0.2) is 25.8 Å². The van der Waals surface area contributed by atoms with E-state index in [2.05, 4.69) is 19.2 Å². The minimum Gasteiger partial charge on any atom is -0.377 e. The minimum absolute atomic E-state index is 0.133. The first-order chi connectivity index (χ1) is 6.22. The molecule has 78 valence electrons. The molecule has 0 spiro atoms. The second kappa shape index (κ2) is 4.97. The monoisotopic (exact) mass is 185 g/mol. The van der Waals surface area contributed by atoms with Gasteiger partial charge in [0.1, 0.15) is 0 Å². The van der Waals surface area contributed by atoms with Crippen LogP contribution in [0.2, 0.25) is 0 Å². The average molecular weight is 185 g/mol. The first kappa shape index (κ1) is 11.0. The van der Waals surface area contributed by atoms with E-state index in [9.17, 15) is 0 Å². The maximum absolute atomic E-state index is 5.69. The standard InChI is InChI=1S/C11H23NO/c1-4-12-9-11(13-3)7-5-6-10(2)8-11/h10,12H,4-9H2,1-3H3. The molecule has 13 heavy (non-hydrogen) atoms. The van der Waals surface area contributed by atoms with Crippen molar-refractivity contribution in [2.75, 3.05) is 20.2 Å². The lowest BCUT2D eigenvalue weighted by molar-refractivity contribution is -0.0502. The fourth-order valence-corrected chi connectivity index (χ4v) is 2.38. The van der Waals surface area contributed by atoms with E-state index in [1.54, 1.807) is 0 Å². The predicted molar refractivity (Wildman–Crippen MR) is 55.9 cm³/mol. The third-order valence-corrected chi connectivity index (χ3v) is 3.18. The zero-order chi connectivity index (χ0) is 9.73. The van der Waals surface area contributed by atoms with E-state index in [0.29, 0.717) is 0 Å². The number of nitrogens with one attached hydrogen (secondary N) is 1. The highest BCUT2D eigenvalue weighted by molar-refractivity contribution is 4.88. The third-order valence-electron chi connectivity index (χ3n) is 3.18. The van der Waals surface area contributed by atoms with Gasteiger partial charge >= 0.3 is 0 Å². The van der Waals surface area contributed by atoms with Crippen LogP contribution in [0.15, 0.2) is 0 Å². The molecule has 1 aliphatic carbocycles. The summed E-state index contributed by atoms with van der Waals surface area (Å²) in [5.41, 5.74) is 0.133. The van der Waals surface area contributed by atoms with Crippen molar-refractivity contribution in [3.05, 3.63) is 0 Å². The zero-order valence-corrected chi connectivity index (χ0v) is 9.23. The fraction of sp³-hybridized carbons (Fsp3) is 1.00. The Morgan fingerprint density at radius 1 is 1.54 bits per heavy atom. The Hall–Kier alpha value is -0.0800. The molecule has 0 aliphatic heterocycles. The highest BCUT2D eigenvalue weighted by Crippen LogP contribution is 2.34. The molecular weight excluding hydrogens is 162 g/mol. The molecule has 1 rings (SSSR count). The van der Waals surface area contributed by atoms with Gasteiger partial charge in [-0.3, -0.25) is 0 Å². The smallest absolute Gasteiger partial charge is 0.0805 e. The van der Waals surface area contributed by atoms with Crippen LogP contribution < -0.4 is 5.32 Å². The van der Waals surface area contributed by atoms with Crippen molar-refractivity contribution in [3.63, 3.8) is 0 Å². The summed E-state index contributed by atoms with van der Waals surface area (Å²) in [6, 6.07) is 0. The highest BCUT2D eigenvalue weighted by Gasteiger charge is 2.34. The molecule has 0 saturated heterocycles. The molecule has 1 saturated carbocycles. The lowest BCUT2D eigenvalue weighted by Gasteiger charge is -2.39. The maximum atomic E-state index is 5.69. The number of ether oxygens (including phenoxy) is 1. The molecule has 2 unspecified atom stereocenters. The first-order valence-corrected chi connectivity index (χ1v) is 5.48. The summed E-state index contributed by atoms with van der Waals surface area (Å²) in [6.45, 7) is 6.54. The van der Waals surface area contributed by atoms with Crippen LogP contribution in [0.25, 0.3) is 0 Å². The molecule has 1 aliphatic rings. The van der Waals surface area contributed by atoms with E-state index in [4.69, 9.17) is 4.74 Å². The quantitative estimate of drug-likeness (QED) is 0.725. The molecule has 0 aromatic carbocycles. The van der Waals surface area contributed by atoms with Crippen molar-refractivity contribution in [2.24, 2.45) is 5.92 Å². The molecule has 0 aromatic rings. The van der Waals surface area contributed by atoms with Crippen LogP contribution in [0.4, 0.5) is 0 Å². The van der Waals surface area contributed by atoms with E-state index in [0.717, 1.165) is 19.0 Å². The second-order valence-corrected chi connectivity index (χ2v) is 4.37. The molecule has 2 heteroatoms. The van der Waals surface area contributed by atoms with Crippen molar-refractivity contribution < 1.29 is 4.74 Å². The number of rotatable bonds is 4. The lowest BCUT2D eigenvalue weighted by atomic mass is 9.78. The molecule has 0 aromatic heterocycles. The van der Waals surface area contributed by atoms with Crippen molar-refractivity contribution >= 4 is 0 Å². The second-order valence-electron chi connectivity index (χ2n) is 4.37. The molecule has 0 radical (unpaired) electrons. The van der Waals surface area contributed by atoms with E-state index in [-0.39, 0.29) is 5.60 Å². The molecule has 2 atom stereocenters. The van der Waals surface area contributed by atoms with Crippen LogP contribution in [0, 0.1) is 5.92 Å². The Morgan fingerprint density at radius 2 is 2.31 bits per heavy atom. The van der Waals surface area contributed by atoms with E-state index >= 15 is 0 Å². The zero-order valence-electron chi connectivity index (χ0n) is 9.23. The van der Waals surface area contributed by atoms with Gasteiger partial charge in [-0.15, -0.1) is 0 Å². The summed E-state index contributed by atoms with van der Waals surface area (Å²) in [5, 5.41) is 3.41. The Bertz CT molecular complexity index is 149. The highest BCUT2D eigenvalue weighted by atomic mass is 16.5. The minimum atomic E-state index is 0.133. The first-order valence-electron chi connectivity index (χ1n) is 5.48. The van der Waals surface area contributed by atoms with Crippen molar-refractivity contribution in [3.8, 4) is 0 Å². The summed E-state index contributed by atoms with van der Waals surface area (Å²) in [4.78, 5) is 0. The van der Waals surface area contributed by atoms with Gasteiger partial charge in [0, 0.05) is 13.7 Å². The summed E-state index contributed by atoms with van der Waals surface area (Å²) >= 11 is 0. The summed E-state index contributed by atoms with van der Waals surface area (Å²) in [6.07, 6.45) is 5.13. The number of methoxy groups -OCH3 is 1. The van der Waals surface area contributed by atoms with Gasteiger partial charge in [-0.1, -0.05) is 26.7 Å². The fourth-order valence-electron chi connectivity index (χ4n) is 2.38. The average Bonchev–Trinajstić information content (AvgIpc) is 2.15. The van der Waals surface area contributed by atoms with Crippen LogP contribution in [0.1, 0.15) is 39.5 Å². The van der Waals surface area contributed by atoms with Gasteiger partial charge in [-0.05, 0) is 25.3 Å². The Balaban J connectivity index is 2.46. The number of hydrogen-bond acceptors (Lipinski definition) is 2. The van der Waals surface area contributed by atoms with Gasteiger partial charge in [0.15, 0.2) is 0 Å².